The largest absolute Gasteiger partial charge is 1.00 e. The van der Waals surface area contributed by atoms with Gasteiger partial charge in [-0.1, -0.05) is 62.9 Å². The van der Waals surface area contributed by atoms with Gasteiger partial charge in [0.15, 0.2) is 5.65 Å². The molecule has 4 aromatic rings. The van der Waals surface area contributed by atoms with Crippen molar-refractivity contribution >= 4 is 44.3 Å². The third-order valence-electron chi connectivity index (χ3n) is 6.60. The lowest BCUT2D eigenvalue weighted by Gasteiger charge is -2.20. The number of methoxy groups -OCH3 is 1. The van der Waals surface area contributed by atoms with Crippen molar-refractivity contribution in [1.82, 2.24) is 29.8 Å². The zero-order valence-electron chi connectivity index (χ0n) is 26.3. The van der Waals surface area contributed by atoms with E-state index in [1.807, 2.05) is 25.1 Å². The van der Waals surface area contributed by atoms with Crippen molar-refractivity contribution in [2.24, 2.45) is 0 Å². The standard InChI is InChI=1S/C29H33N7OS.2BF3.2FH/c1-4-5-6-7-8-11-18-35-25-19-22(37-3)14-15-26(25)38-27(35)13-10-9-12-23-21(2)34-36-28(23)32-33-29(36)24-20-30-16-17-31-24;2*2-1(3)4;;/h9-10,12-17,19-20H,4-8,11,18H2,1-3H3;;;2*1H/p-2/b10-9+,23-12-,27-13-;;;;. The molecule has 19 heteroatoms. The number of aryl methyl sites for hydroxylation is 1. The van der Waals surface area contributed by atoms with Crippen LogP contribution in [0.3, 0.4) is 0 Å². The quantitative estimate of drug-likeness (QED) is 0.133. The Morgan fingerprint density at radius 2 is 1.56 bits per heavy atom. The predicted molar refractivity (Wildman–Crippen MR) is 171 cm³/mol. The number of unbranched alkanes of at least 4 members (excludes halogenated alkanes) is 5. The monoisotopic (exact) mass is 701 g/mol. The normalized spacial score (nSPS) is 12.9. The fourth-order valence-corrected chi connectivity index (χ4v) is 5.66. The van der Waals surface area contributed by atoms with E-state index in [9.17, 15) is 25.9 Å². The highest BCUT2D eigenvalue weighted by Crippen LogP contribution is 2.47. The van der Waals surface area contributed by atoms with E-state index < -0.39 is 15.1 Å². The molecule has 0 unspecified atom stereocenters. The molecule has 1 aromatic carbocycles. The van der Waals surface area contributed by atoms with Crippen molar-refractivity contribution in [3.05, 3.63) is 71.0 Å². The van der Waals surface area contributed by atoms with E-state index in [-0.39, 0.29) is 9.41 Å². The predicted octanol–water partition coefficient (Wildman–Crippen LogP) is 1.54. The topological polar surface area (TPSA) is 81.3 Å². The molecule has 8 nitrogen and oxygen atoms in total. The summed E-state index contributed by atoms with van der Waals surface area (Å²) in [7, 11) is -5.61. The molecule has 0 N–H and O–H groups in total. The van der Waals surface area contributed by atoms with Crippen molar-refractivity contribution in [2.45, 2.75) is 57.3 Å². The Morgan fingerprint density at radius 1 is 0.896 bits per heavy atom. The maximum atomic E-state index is 9.67. The van der Waals surface area contributed by atoms with E-state index in [4.69, 9.17) is 4.74 Å². The number of anilines is 1. The van der Waals surface area contributed by atoms with Crippen LogP contribution in [0.2, 0.25) is 0 Å². The number of ether oxygens (including phenoxy) is 1. The molecule has 3 aromatic heterocycles. The van der Waals surface area contributed by atoms with Gasteiger partial charge in [-0.3, -0.25) is 30.9 Å². The molecule has 260 valence electrons. The molecular formula is C29H33B2F8N7OS-2. The second kappa shape index (κ2) is 21.7. The van der Waals surface area contributed by atoms with Crippen molar-refractivity contribution in [2.75, 3.05) is 18.6 Å². The molecule has 0 saturated carbocycles. The summed E-state index contributed by atoms with van der Waals surface area (Å²) in [4.78, 5) is 12.1. The summed E-state index contributed by atoms with van der Waals surface area (Å²) in [5.74, 6) is 1.47. The van der Waals surface area contributed by atoms with Crippen LogP contribution in [0.25, 0.3) is 23.2 Å². The zero-order valence-corrected chi connectivity index (χ0v) is 27.2. The first-order valence-corrected chi connectivity index (χ1v) is 15.3. The molecule has 4 heterocycles. The number of fused-ring (bicyclic) bond motifs is 2. The number of hydrogen-bond donors (Lipinski definition) is 0. The highest BCUT2D eigenvalue weighted by atomic mass is 32.2. The lowest BCUT2D eigenvalue weighted by atomic mass is 10.1. The van der Waals surface area contributed by atoms with E-state index in [0.717, 1.165) is 23.2 Å². The number of aromatic nitrogens is 6. The van der Waals surface area contributed by atoms with E-state index in [2.05, 4.69) is 61.4 Å². The van der Waals surface area contributed by atoms with Crippen molar-refractivity contribution in [3.63, 3.8) is 0 Å². The van der Waals surface area contributed by atoms with Gasteiger partial charge in [-0.2, -0.15) is 9.61 Å². The Morgan fingerprint density at radius 3 is 2.21 bits per heavy atom. The Balaban J connectivity index is 0.00000104. The van der Waals surface area contributed by atoms with Gasteiger partial charge in [0.25, 0.3) is 0 Å². The van der Waals surface area contributed by atoms with Crippen LogP contribution in [0.15, 0.2) is 64.9 Å². The zero-order chi connectivity index (χ0) is 33.5. The summed E-state index contributed by atoms with van der Waals surface area (Å²) in [6, 6.07) is 6.33. The Bertz CT molecular complexity index is 1620. The molecule has 0 saturated heterocycles. The highest BCUT2D eigenvalue weighted by molar-refractivity contribution is 8.03. The number of hydrogen-bond acceptors (Lipinski definition) is 8. The van der Waals surface area contributed by atoms with E-state index in [0.29, 0.717) is 17.2 Å². The second-order valence-electron chi connectivity index (χ2n) is 9.76. The van der Waals surface area contributed by atoms with Crippen LogP contribution in [-0.4, -0.2) is 58.5 Å². The Hall–Kier alpha value is -4.15. The van der Waals surface area contributed by atoms with Gasteiger partial charge in [0.05, 0.1) is 29.7 Å². The van der Waals surface area contributed by atoms with Crippen molar-refractivity contribution in [1.29, 1.82) is 0 Å². The highest BCUT2D eigenvalue weighted by Gasteiger charge is 2.25. The third-order valence-corrected chi connectivity index (χ3v) is 7.73. The number of thioether (sulfide) groups is 1. The summed E-state index contributed by atoms with van der Waals surface area (Å²) in [6.07, 6.45) is 20.9. The fraction of sp³-hybridized carbons (Fsp3) is 0.345. The Labute approximate surface area is 277 Å². The molecule has 0 bridgehead atoms. The van der Waals surface area contributed by atoms with E-state index in [1.54, 1.807) is 42.0 Å². The van der Waals surface area contributed by atoms with Gasteiger partial charge in [-0.15, -0.1) is 10.2 Å². The fourth-order valence-electron chi connectivity index (χ4n) is 4.58. The van der Waals surface area contributed by atoms with E-state index in [1.165, 1.54) is 54.1 Å². The van der Waals surface area contributed by atoms with Gasteiger partial charge in [0.2, 0.25) is 5.82 Å². The maximum Gasteiger partial charge on any atom is 0.762 e. The first-order chi connectivity index (χ1) is 22.2. The van der Waals surface area contributed by atoms with Crippen LogP contribution in [-0.2, 0) is 0 Å². The molecule has 0 amide bonds. The molecule has 0 spiro atoms. The summed E-state index contributed by atoms with van der Waals surface area (Å²) in [6.45, 7) is 5.24. The second-order valence-corrected chi connectivity index (χ2v) is 10.8. The number of benzene rings is 1. The number of halogens is 8. The molecule has 0 atom stereocenters. The number of nitrogens with zero attached hydrogens (tertiary/aromatic N) is 7. The van der Waals surface area contributed by atoms with Gasteiger partial charge >= 0.3 is 15.1 Å². The first-order valence-electron chi connectivity index (χ1n) is 14.5. The van der Waals surface area contributed by atoms with Crippen molar-refractivity contribution in [3.8, 4) is 17.3 Å². The molecule has 0 aliphatic carbocycles. The average Bonchev–Trinajstić information content (AvgIpc) is 3.68. The van der Waals surface area contributed by atoms with Crippen molar-refractivity contribution < 1.29 is 40.0 Å². The molecule has 5 rings (SSSR count). The molecule has 1 aliphatic rings. The van der Waals surface area contributed by atoms with Gasteiger partial charge in [-0.05, 0) is 37.6 Å². The SMILES string of the molecule is CCCCCCCCN1/C(=C/C=C/C=c2/c(C)nn3c(-c4cnccn4)nnc23)Sc2ccc(OC)cc21.FB(F)F.FB(F)F.[F-].[F-]. The molecule has 48 heavy (non-hydrogen) atoms. The third kappa shape index (κ3) is 12.5. The lowest BCUT2D eigenvalue weighted by molar-refractivity contribution is -0.00100. The maximum absolute atomic E-state index is 9.67. The Kier molecular flexibility index (Phi) is 18.9. The van der Waals surface area contributed by atoms with Crippen LogP contribution in [0.4, 0.5) is 31.6 Å². The minimum Gasteiger partial charge on any atom is -1.00 e. The number of allylic oxidation sites excluding steroid dienone is 3. The van der Waals surface area contributed by atoms with Crippen LogP contribution in [0, 0.1) is 6.92 Å². The molecule has 1 aliphatic heterocycles. The van der Waals surface area contributed by atoms with Crippen LogP contribution in [0.5, 0.6) is 5.75 Å². The van der Waals surface area contributed by atoms with Crippen LogP contribution >= 0.6 is 11.8 Å². The summed E-state index contributed by atoms with van der Waals surface area (Å²) >= 11 is 1.80. The van der Waals surface area contributed by atoms with Crippen LogP contribution in [0.1, 0.15) is 51.1 Å². The summed E-state index contributed by atoms with van der Waals surface area (Å²) in [5, 5.41) is 15.5. The van der Waals surface area contributed by atoms with Gasteiger partial charge < -0.3 is 19.0 Å². The molecule has 0 radical (unpaired) electrons. The average molecular weight is 701 g/mol. The van der Waals surface area contributed by atoms with Crippen LogP contribution < -0.4 is 24.3 Å². The summed E-state index contributed by atoms with van der Waals surface area (Å²) in [5.41, 5.74) is 3.46. The number of rotatable bonds is 11. The molecule has 0 fully saturated rings. The van der Waals surface area contributed by atoms with Gasteiger partial charge in [-0.25, -0.2) is 4.98 Å². The van der Waals surface area contributed by atoms with E-state index >= 15 is 0 Å². The lowest BCUT2D eigenvalue weighted by Crippen LogP contribution is -3.00. The van der Waals surface area contributed by atoms with Gasteiger partial charge in [0, 0.05) is 35.1 Å². The minimum absolute atomic E-state index is 0. The summed E-state index contributed by atoms with van der Waals surface area (Å²) < 4.78 is 65.2. The van der Waals surface area contributed by atoms with Gasteiger partial charge in [0.1, 0.15) is 11.4 Å². The minimum atomic E-state index is -3.67. The molecular weight excluding hydrogens is 668 g/mol. The smallest absolute Gasteiger partial charge is 0.762 e. The first kappa shape index (κ1) is 41.9.